The van der Waals surface area contributed by atoms with Crippen molar-refractivity contribution < 1.29 is 14.2 Å². The summed E-state index contributed by atoms with van der Waals surface area (Å²) >= 11 is 0. The van der Waals surface area contributed by atoms with Crippen molar-refractivity contribution in [3.05, 3.63) is 78.9 Å². The lowest BCUT2D eigenvalue weighted by Crippen LogP contribution is -2.33. The van der Waals surface area contributed by atoms with Gasteiger partial charge in [0.2, 0.25) is 7.37 Å². The molecule has 0 saturated carbocycles. The molecule has 0 bridgehead atoms. The number of rotatable bonds is 10. The first-order chi connectivity index (χ1) is 11.6. The summed E-state index contributed by atoms with van der Waals surface area (Å²) in [4.78, 5) is 10.7. The van der Waals surface area contributed by atoms with Crippen LogP contribution in [0, 0.1) is 0 Å². The molecule has 0 aliphatic rings. The predicted molar refractivity (Wildman–Crippen MR) is 98.9 cm³/mol. The zero-order valence-corrected chi connectivity index (χ0v) is 14.6. The maximum Gasteiger partial charge on any atom is 0.236 e. The molecule has 2 rings (SSSR count). The van der Waals surface area contributed by atoms with E-state index in [2.05, 4.69) is 11.9 Å². The van der Waals surface area contributed by atoms with Gasteiger partial charge in [-0.25, -0.2) is 0 Å². The Morgan fingerprint density at radius 1 is 1.12 bits per heavy atom. The Labute approximate surface area is 143 Å². The molecular weight excluding hydrogens is 321 g/mol. The van der Waals surface area contributed by atoms with E-state index in [1.54, 1.807) is 30.3 Å². The summed E-state index contributed by atoms with van der Waals surface area (Å²) in [6.07, 6.45) is 1.64. The molecule has 128 valence electrons. The maximum absolute atomic E-state index is 13.0. The molecule has 5 heteroatoms. The third kappa shape index (κ3) is 5.43. The Morgan fingerprint density at radius 2 is 1.75 bits per heavy atom. The van der Waals surface area contributed by atoms with Crippen molar-refractivity contribution in [2.45, 2.75) is 12.2 Å². The molecule has 2 aromatic rings. The Bertz CT molecular complexity index is 661. The van der Waals surface area contributed by atoms with Gasteiger partial charge < -0.3 is 14.9 Å². The van der Waals surface area contributed by atoms with Crippen molar-refractivity contribution >= 4 is 12.7 Å². The Balaban J connectivity index is 2.03. The fourth-order valence-corrected chi connectivity index (χ4v) is 4.11. The van der Waals surface area contributed by atoms with Crippen LogP contribution in [0.4, 0.5) is 0 Å². The first kappa shape index (κ1) is 18.6. The zero-order valence-electron chi connectivity index (χ0n) is 13.7. The van der Waals surface area contributed by atoms with E-state index in [0.717, 1.165) is 5.56 Å². The van der Waals surface area contributed by atoms with Crippen LogP contribution >= 0.6 is 7.37 Å². The highest BCUT2D eigenvalue weighted by Crippen LogP contribution is 2.44. The van der Waals surface area contributed by atoms with Crippen molar-refractivity contribution in [2.24, 2.45) is 0 Å². The monoisotopic (exact) mass is 345 g/mol. The second-order valence-electron chi connectivity index (χ2n) is 5.55. The SMILES string of the molecule is C=CCOCC(CNCc1ccccc1)P(=O)(O)c1ccccc1. The van der Waals surface area contributed by atoms with Crippen LogP contribution in [0.3, 0.4) is 0 Å². The number of hydrogen-bond acceptors (Lipinski definition) is 3. The number of benzene rings is 2. The van der Waals surface area contributed by atoms with Gasteiger partial charge >= 0.3 is 0 Å². The molecule has 0 aliphatic carbocycles. The number of hydrogen-bond donors (Lipinski definition) is 2. The van der Waals surface area contributed by atoms with Crippen molar-refractivity contribution in [1.82, 2.24) is 5.32 Å². The minimum Gasteiger partial charge on any atom is -0.376 e. The lowest BCUT2D eigenvalue weighted by Gasteiger charge is -2.23. The summed E-state index contributed by atoms with van der Waals surface area (Å²) < 4.78 is 18.4. The minimum atomic E-state index is -3.54. The average molecular weight is 345 g/mol. The van der Waals surface area contributed by atoms with Crippen molar-refractivity contribution in [3.8, 4) is 0 Å². The van der Waals surface area contributed by atoms with Crippen LogP contribution in [-0.4, -0.2) is 30.3 Å². The molecule has 2 aromatic carbocycles. The molecule has 2 atom stereocenters. The molecule has 4 nitrogen and oxygen atoms in total. The van der Waals surface area contributed by atoms with Gasteiger partial charge in [-0.15, -0.1) is 6.58 Å². The van der Waals surface area contributed by atoms with Gasteiger partial charge in [-0.1, -0.05) is 54.6 Å². The van der Waals surface area contributed by atoms with Crippen LogP contribution in [0.25, 0.3) is 0 Å². The summed E-state index contributed by atoms with van der Waals surface area (Å²) in [5.74, 6) is 0. The molecule has 0 radical (unpaired) electrons. The molecule has 0 spiro atoms. The van der Waals surface area contributed by atoms with E-state index in [0.29, 0.717) is 25.0 Å². The van der Waals surface area contributed by atoms with Gasteiger partial charge in [0.15, 0.2) is 0 Å². The fraction of sp³-hybridized carbons (Fsp3) is 0.263. The quantitative estimate of drug-likeness (QED) is 0.395. The van der Waals surface area contributed by atoms with E-state index in [9.17, 15) is 9.46 Å². The summed E-state index contributed by atoms with van der Waals surface area (Å²) in [5, 5.41) is 3.72. The lowest BCUT2D eigenvalue weighted by atomic mass is 10.2. The van der Waals surface area contributed by atoms with E-state index in [4.69, 9.17) is 4.74 Å². The number of ether oxygens (including phenoxy) is 1. The molecule has 0 saturated heterocycles. The molecule has 0 aliphatic heterocycles. The van der Waals surface area contributed by atoms with Gasteiger partial charge in [0.1, 0.15) is 0 Å². The molecule has 0 amide bonds. The van der Waals surface area contributed by atoms with Crippen LogP contribution in [0.5, 0.6) is 0 Å². The largest absolute Gasteiger partial charge is 0.376 e. The number of nitrogens with one attached hydrogen (secondary N) is 1. The van der Waals surface area contributed by atoms with Crippen LogP contribution in [0.2, 0.25) is 0 Å². The van der Waals surface area contributed by atoms with Crippen LogP contribution in [0.1, 0.15) is 5.56 Å². The Morgan fingerprint density at radius 3 is 2.38 bits per heavy atom. The standard InChI is InChI=1S/C19H24NO3P/c1-2-13-23-16-19(15-20-14-17-9-5-3-6-10-17)24(21,22)18-11-7-4-8-12-18/h2-12,19-20H,1,13-16H2,(H,21,22). The normalized spacial score (nSPS) is 14.7. The van der Waals surface area contributed by atoms with Crippen LogP contribution in [-0.2, 0) is 15.8 Å². The zero-order chi connectivity index (χ0) is 17.3. The van der Waals surface area contributed by atoms with Gasteiger partial charge in [-0.05, 0) is 17.7 Å². The molecule has 2 unspecified atom stereocenters. The Kier molecular flexibility index (Phi) is 7.41. The first-order valence-corrected chi connectivity index (χ1v) is 9.69. The van der Waals surface area contributed by atoms with Gasteiger partial charge in [-0.2, -0.15) is 0 Å². The average Bonchev–Trinajstić information content (AvgIpc) is 2.62. The highest BCUT2D eigenvalue weighted by atomic mass is 31.2. The summed E-state index contributed by atoms with van der Waals surface area (Å²) in [6.45, 7) is 5.22. The second kappa shape index (κ2) is 9.55. The van der Waals surface area contributed by atoms with Crippen LogP contribution < -0.4 is 10.6 Å². The van der Waals surface area contributed by atoms with E-state index in [1.165, 1.54) is 0 Å². The van der Waals surface area contributed by atoms with Gasteiger partial charge in [0.25, 0.3) is 0 Å². The van der Waals surface area contributed by atoms with E-state index in [1.807, 2.05) is 36.4 Å². The topological polar surface area (TPSA) is 58.6 Å². The highest BCUT2D eigenvalue weighted by molar-refractivity contribution is 7.66. The maximum atomic E-state index is 13.0. The van der Waals surface area contributed by atoms with E-state index >= 15 is 0 Å². The van der Waals surface area contributed by atoms with E-state index in [-0.39, 0.29) is 6.61 Å². The fourth-order valence-electron chi connectivity index (χ4n) is 2.40. The molecule has 0 aromatic heterocycles. The summed E-state index contributed by atoms with van der Waals surface area (Å²) in [5.41, 5.74) is 0.624. The summed E-state index contributed by atoms with van der Waals surface area (Å²) in [7, 11) is -3.54. The van der Waals surface area contributed by atoms with Crippen molar-refractivity contribution in [1.29, 1.82) is 0 Å². The first-order valence-electron chi connectivity index (χ1n) is 7.96. The van der Waals surface area contributed by atoms with Crippen molar-refractivity contribution in [2.75, 3.05) is 19.8 Å². The minimum absolute atomic E-state index is 0.205. The molecule has 0 fully saturated rings. The van der Waals surface area contributed by atoms with Gasteiger partial charge in [-0.3, -0.25) is 4.57 Å². The molecule has 24 heavy (non-hydrogen) atoms. The van der Waals surface area contributed by atoms with Crippen molar-refractivity contribution in [3.63, 3.8) is 0 Å². The third-order valence-corrected chi connectivity index (χ3v) is 6.08. The lowest BCUT2D eigenvalue weighted by molar-refractivity contribution is 0.158. The van der Waals surface area contributed by atoms with Gasteiger partial charge in [0, 0.05) is 18.4 Å². The second-order valence-corrected chi connectivity index (χ2v) is 8.05. The summed E-state index contributed by atoms with van der Waals surface area (Å²) in [6, 6.07) is 18.7. The molecular formula is C19H24NO3P. The Hall–Kier alpha value is -1.71. The van der Waals surface area contributed by atoms with Gasteiger partial charge in [0.05, 0.1) is 18.9 Å². The van der Waals surface area contributed by atoms with E-state index < -0.39 is 13.0 Å². The third-order valence-electron chi connectivity index (χ3n) is 3.72. The predicted octanol–water partition coefficient (Wildman–Crippen LogP) is 2.94. The molecule has 0 heterocycles. The van der Waals surface area contributed by atoms with Crippen LogP contribution in [0.15, 0.2) is 73.3 Å². The smallest absolute Gasteiger partial charge is 0.236 e. The highest BCUT2D eigenvalue weighted by Gasteiger charge is 2.32. The molecule has 2 N–H and O–H groups in total.